The molecule has 1 rings (SSSR count). The van der Waals surface area contributed by atoms with Crippen LogP contribution in [0.25, 0.3) is 0 Å². The van der Waals surface area contributed by atoms with E-state index < -0.39 is 11.4 Å². The van der Waals surface area contributed by atoms with E-state index >= 15 is 0 Å². The van der Waals surface area contributed by atoms with Crippen LogP contribution in [0.3, 0.4) is 0 Å². The number of ether oxygens (including phenoxy) is 1. The fourth-order valence-corrected chi connectivity index (χ4v) is 1.79. The Kier molecular flexibility index (Phi) is 2.94. The lowest BCUT2D eigenvalue weighted by Crippen LogP contribution is -2.37. The van der Waals surface area contributed by atoms with Crippen molar-refractivity contribution < 1.29 is 14.6 Å². The van der Waals surface area contributed by atoms with Gasteiger partial charge >= 0.3 is 5.97 Å². The second-order valence-corrected chi connectivity index (χ2v) is 3.43. The molecule has 0 aromatic rings. The fraction of sp³-hybridized carbons (Fsp3) is 0.700. The molecule has 0 aromatic carbocycles. The summed E-state index contributed by atoms with van der Waals surface area (Å²) in [5.74, 6) is 1.69. The average Bonchev–Trinajstić information content (AvgIpc) is 2.45. The third-order valence-electron chi connectivity index (χ3n) is 2.84. The van der Waals surface area contributed by atoms with Crippen molar-refractivity contribution in [3.63, 3.8) is 0 Å². The molecule has 3 heteroatoms. The lowest BCUT2D eigenvalue weighted by molar-refractivity contribution is -0.152. The van der Waals surface area contributed by atoms with Crippen LogP contribution in [0.15, 0.2) is 0 Å². The monoisotopic (exact) mass is 182 g/mol. The first-order valence-electron chi connectivity index (χ1n) is 4.42. The van der Waals surface area contributed by atoms with E-state index in [-0.39, 0.29) is 6.10 Å². The van der Waals surface area contributed by atoms with Gasteiger partial charge in [0.25, 0.3) is 0 Å². The van der Waals surface area contributed by atoms with E-state index in [2.05, 4.69) is 5.92 Å². The van der Waals surface area contributed by atoms with Gasteiger partial charge in [-0.15, -0.1) is 12.3 Å². The number of carboxylic acid groups (broad SMARTS) is 1. The highest BCUT2D eigenvalue weighted by atomic mass is 16.5. The summed E-state index contributed by atoms with van der Waals surface area (Å²) in [4.78, 5) is 11.1. The summed E-state index contributed by atoms with van der Waals surface area (Å²) in [6, 6.07) is 0. The van der Waals surface area contributed by atoms with E-state index in [9.17, 15) is 4.79 Å². The van der Waals surface area contributed by atoms with E-state index in [1.165, 1.54) is 0 Å². The molecule has 2 unspecified atom stereocenters. The van der Waals surface area contributed by atoms with Gasteiger partial charge < -0.3 is 9.84 Å². The minimum atomic E-state index is -0.784. The number of terminal acetylenes is 1. The summed E-state index contributed by atoms with van der Waals surface area (Å²) in [5.41, 5.74) is -0.744. The maximum absolute atomic E-state index is 11.1. The van der Waals surface area contributed by atoms with Gasteiger partial charge in [0, 0.05) is 13.0 Å². The quantitative estimate of drug-likeness (QED) is 0.669. The van der Waals surface area contributed by atoms with Gasteiger partial charge in [0.15, 0.2) is 0 Å². The van der Waals surface area contributed by atoms with E-state index in [4.69, 9.17) is 16.3 Å². The Morgan fingerprint density at radius 2 is 2.54 bits per heavy atom. The van der Waals surface area contributed by atoms with Crippen molar-refractivity contribution in [2.75, 3.05) is 6.61 Å². The van der Waals surface area contributed by atoms with E-state index in [0.717, 1.165) is 0 Å². The van der Waals surface area contributed by atoms with E-state index in [1.807, 2.05) is 0 Å². The summed E-state index contributed by atoms with van der Waals surface area (Å²) in [7, 11) is 0. The molecular formula is C10H14O3. The van der Waals surface area contributed by atoms with Crippen LogP contribution in [0.5, 0.6) is 0 Å². The molecule has 1 saturated heterocycles. The van der Waals surface area contributed by atoms with Gasteiger partial charge in [-0.2, -0.15) is 0 Å². The molecule has 1 aliphatic rings. The molecule has 1 heterocycles. The normalized spacial score (nSPS) is 32.8. The average molecular weight is 182 g/mol. The molecule has 0 aromatic heterocycles. The Balaban J connectivity index is 2.76. The SMILES string of the molecule is C#CCCC1(C(=O)O)CCOC1C. The maximum Gasteiger partial charge on any atom is 0.312 e. The summed E-state index contributed by atoms with van der Waals surface area (Å²) in [6.45, 7) is 2.33. The Hall–Kier alpha value is -1.01. The number of carboxylic acids is 1. The minimum absolute atomic E-state index is 0.224. The van der Waals surface area contributed by atoms with Crippen LogP contribution < -0.4 is 0 Å². The summed E-state index contributed by atoms with van der Waals surface area (Å²) in [5, 5.41) is 9.11. The molecule has 3 nitrogen and oxygen atoms in total. The van der Waals surface area contributed by atoms with Crippen LogP contribution in [0.4, 0.5) is 0 Å². The van der Waals surface area contributed by atoms with E-state index in [0.29, 0.717) is 25.9 Å². The second kappa shape index (κ2) is 3.80. The fourth-order valence-electron chi connectivity index (χ4n) is 1.79. The molecule has 13 heavy (non-hydrogen) atoms. The van der Waals surface area contributed by atoms with Crippen LogP contribution >= 0.6 is 0 Å². The molecule has 0 spiro atoms. The molecule has 2 atom stereocenters. The van der Waals surface area contributed by atoms with Crippen LogP contribution in [0.1, 0.15) is 26.2 Å². The predicted octanol–water partition coefficient (Wildman–Crippen LogP) is 1.28. The number of aliphatic carboxylic acids is 1. The Morgan fingerprint density at radius 1 is 1.85 bits per heavy atom. The van der Waals surface area contributed by atoms with E-state index in [1.54, 1.807) is 6.92 Å². The smallest absolute Gasteiger partial charge is 0.312 e. The van der Waals surface area contributed by atoms with Crippen molar-refractivity contribution in [3.05, 3.63) is 0 Å². The standard InChI is InChI=1S/C10H14O3/c1-3-4-5-10(9(11)12)6-7-13-8(10)2/h1,8H,4-7H2,2H3,(H,11,12). The highest BCUT2D eigenvalue weighted by molar-refractivity contribution is 5.75. The number of carbonyl (C=O) groups is 1. The number of hydrogen-bond acceptors (Lipinski definition) is 2. The van der Waals surface area contributed by atoms with Gasteiger partial charge in [-0.1, -0.05) is 0 Å². The first-order valence-corrected chi connectivity index (χ1v) is 4.42. The van der Waals surface area contributed by atoms with Gasteiger partial charge in [0.05, 0.1) is 11.5 Å². The third-order valence-corrected chi connectivity index (χ3v) is 2.84. The highest BCUT2D eigenvalue weighted by Gasteiger charge is 2.47. The van der Waals surface area contributed by atoms with Gasteiger partial charge in [-0.3, -0.25) is 4.79 Å². The lowest BCUT2D eigenvalue weighted by Gasteiger charge is -2.26. The highest BCUT2D eigenvalue weighted by Crippen LogP contribution is 2.39. The Bertz CT molecular complexity index is 241. The molecule has 0 aliphatic carbocycles. The van der Waals surface area contributed by atoms with Crippen molar-refractivity contribution in [1.29, 1.82) is 0 Å². The maximum atomic E-state index is 11.1. The minimum Gasteiger partial charge on any atom is -0.481 e. The van der Waals surface area contributed by atoms with Crippen LogP contribution in [0, 0.1) is 17.8 Å². The third kappa shape index (κ3) is 1.68. The van der Waals surface area contributed by atoms with Crippen molar-refractivity contribution >= 4 is 5.97 Å². The van der Waals surface area contributed by atoms with Crippen LogP contribution in [-0.2, 0) is 9.53 Å². The molecule has 0 amide bonds. The Labute approximate surface area is 78.1 Å². The van der Waals surface area contributed by atoms with Gasteiger partial charge in [-0.05, 0) is 19.8 Å². The largest absolute Gasteiger partial charge is 0.481 e. The number of rotatable bonds is 3. The van der Waals surface area contributed by atoms with Gasteiger partial charge in [-0.25, -0.2) is 0 Å². The number of hydrogen-bond donors (Lipinski definition) is 1. The van der Waals surface area contributed by atoms with Crippen LogP contribution in [0.2, 0.25) is 0 Å². The van der Waals surface area contributed by atoms with Gasteiger partial charge in [0.1, 0.15) is 0 Å². The summed E-state index contributed by atoms with van der Waals surface area (Å²) >= 11 is 0. The first-order chi connectivity index (χ1) is 6.13. The van der Waals surface area contributed by atoms with Crippen molar-refractivity contribution in [2.45, 2.75) is 32.3 Å². The summed E-state index contributed by atoms with van der Waals surface area (Å²) < 4.78 is 5.28. The molecule has 1 N–H and O–H groups in total. The second-order valence-electron chi connectivity index (χ2n) is 3.43. The first kappa shape index (κ1) is 10.1. The zero-order valence-electron chi connectivity index (χ0n) is 7.75. The van der Waals surface area contributed by atoms with Crippen molar-refractivity contribution in [2.24, 2.45) is 5.41 Å². The zero-order valence-corrected chi connectivity index (χ0v) is 7.75. The van der Waals surface area contributed by atoms with Crippen LogP contribution in [-0.4, -0.2) is 23.8 Å². The molecule has 0 bridgehead atoms. The predicted molar refractivity (Wildman–Crippen MR) is 48.2 cm³/mol. The summed E-state index contributed by atoms with van der Waals surface area (Å²) in [6.07, 6.45) is 6.49. The Morgan fingerprint density at radius 3 is 2.92 bits per heavy atom. The topological polar surface area (TPSA) is 46.5 Å². The molecule has 0 radical (unpaired) electrons. The van der Waals surface area contributed by atoms with Crippen molar-refractivity contribution in [3.8, 4) is 12.3 Å². The molecule has 72 valence electrons. The van der Waals surface area contributed by atoms with Gasteiger partial charge in [0.2, 0.25) is 0 Å². The molecular weight excluding hydrogens is 168 g/mol. The zero-order chi connectivity index (χ0) is 9.90. The lowest BCUT2D eigenvalue weighted by atomic mass is 9.78. The molecule has 1 aliphatic heterocycles. The van der Waals surface area contributed by atoms with Crippen molar-refractivity contribution in [1.82, 2.24) is 0 Å². The molecule has 1 fully saturated rings. The molecule has 0 saturated carbocycles.